The van der Waals surface area contributed by atoms with Gasteiger partial charge in [0, 0.05) is 95.4 Å². The van der Waals surface area contributed by atoms with Gasteiger partial charge < -0.3 is 19.8 Å². The van der Waals surface area contributed by atoms with Crippen molar-refractivity contribution in [2.24, 2.45) is 0 Å². The predicted molar refractivity (Wildman–Crippen MR) is 217 cm³/mol. The topological polar surface area (TPSA) is 99.7 Å². The molecular weight excluding hydrogens is 689 g/mol. The van der Waals surface area contributed by atoms with E-state index in [1.54, 1.807) is 17.0 Å². The Hall–Kier alpha value is -5.45. The first kappa shape index (κ1) is 36.5. The summed E-state index contributed by atoms with van der Waals surface area (Å²) in [4.78, 5) is 48.9. The van der Waals surface area contributed by atoms with Crippen LogP contribution in [0.4, 0.5) is 11.4 Å². The van der Waals surface area contributed by atoms with Crippen LogP contribution in [0.5, 0.6) is 5.75 Å². The van der Waals surface area contributed by atoms with Gasteiger partial charge in [0.05, 0.1) is 0 Å². The highest BCUT2D eigenvalue weighted by Crippen LogP contribution is 2.36. The number of carbonyl (C=O) groups excluding carboxylic acids is 3. The number of nitrogens with one attached hydrogen (secondary N) is 1. The van der Waals surface area contributed by atoms with E-state index in [1.807, 2.05) is 24.3 Å². The average molecular weight is 739 g/mol. The number of benzene rings is 4. The first-order valence-corrected chi connectivity index (χ1v) is 19.7. The van der Waals surface area contributed by atoms with Crippen molar-refractivity contribution in [3.05, 3.63) is 125 Å². The molecule has 4 aliphatic rings. The highest BCUT2D eigenvalue weighted by Gasteiger charge is 2.39. The van der Waals surface area contributed by atoms with Crippen molar-refractivity contribution in [3.8, 4) is 5.75 Å². The van der Waals surface area contributed by atoms with Crippen LogP contribution in [-0.4, -0.2) is 109 Å². The van der Waals surface area contributed by atoms with Crippen LogP contribution in [0.15, 0.2) is 97.1 Å². The SMILES string of the molecule is CCC(=C(c1ccc(O)cc1)c1ccc(N2CCN(CCN3CCN(c4ccc5c(c4)CN(C4CCC(=O)NC4=O)C5=O)CC3)CC2)cc1)c1ccccc1. The van der Waals surface area contributed by atoms with Gasteiger partial charge in [-0.3, -0.25) is 29.5 Å². The Labute approximate surface area is 323 Å². The van der Waals surface area contributed by atoms with Gasteiger partial charge in [-0.2, -0.15) is 0 Å². The molecule has 1 atom stereocenters. The first-order chi connectivity index (χ1) is 26.8. The fourth-order valence-corrected chi connectivity index (χ4v) is 8.65. The second-order valence-corrected chi connectivity index (χ2v) is 15.1. The predicted octanol–water partition coefficient (Wildman–Crippen LogP) is 5.47. The zero-order chi connectivity index (χ0) is 37.9. The molecule has 0 spiro atoms. The van der Waals surface area contributed by atoms with Crippen molar-refractivity contribution in [1.82, 2.24) is 20.0 Å². The molecule has 55 heavy (non-hydrogen) atoms. The van der Waals surface area contributed by atoms with E-state index in [4.69, 9.17) is 0 Å². The molecular formula is C45H50N6O4. The molecule has 4 heterocycles. The zero-order valence-corrected chi connectivity index (χ0v) is 31.6. The third-order valence-corrected chi connectivity index (χ3v) is 11.8. The molecule has 4 aromatic carbocycles. The number of phenolic OH excluding ortho intramolecular Hbond substituents is 1. The normalized spacial score (nSPS) is 20.1. The van der Waals surface area contributed by atoms with Crippen molar-refractivity contribution in [1.29, 1.82) is 0 Å². The minimum Gasteiger partial charge on any atom is -0.508 e. The van der Waals surface area contributed by atoms with Gasteiger partial charge in [-0.1, -0.05) is 61.5 Å². The fourth-order valence-electron chi connectivity index (χ4n) is 8.65. The number of amides is 3. The summed E-state index contributed by atoms with van der Waals surface area (Å²) in [6.45, 7) is 12.7. The summed E-state index contributed by atoms with van der Waals surface area (Å²) in [7, 11) is 0. The second-order valence-electron chi connectivity index (χ2n) is 15.1. The van der Waals surface area contributed by atoms with Crippen LogP contribution in [0.3, 0.4) is 0 Å². The van der Waals surface area contributed by atoms with E-state index in [0.717, 1.165) is 88.7 Å². The number of carbonyl (C=O) groups is 3. The van der Waals surface area contributed by atoms with Crippen molar-refractivity contribution < 1.29 is 19.5 Å². The third-order valence-electron chi connectivity index (χ3n) is 11.8. The second kappa shape index (κ2) is 16.1. The number of anilines is 2. The Bertz CT molecular complexity index is 2050. The standard InChI is InChI=1S/C45H50N6O4/c1-2-39(32-6-4-3-5-7-32)43(34-10-15-38(52)16-11-34)33-8-12-36(13-9-33)49-26-22-47(23-27-49)20-21-48-24-28-50(29-25-48)37-14-17-40-35(30-37)31-51(45(40)55)41-18-19-42(53)46-44(41)54/h3-17,30,41,52H,2,18-29,31H2,1H3,(H,46,53,54). The monoisotopic (exact) mass is 738 g/mol. The van der Waals surface area contributed by atoms with Crippen molar-refractivity contribution in [3.63, 3.8) is 0 Å². The lowest BCUT2D eigenvalue weighted by molar-refractivity contribution is -0.136. The van der Waals surface area contributed by atoms with Gasteiger partial charge in [0.25, 0.3) is 5.91 Å². The maximum Gasteiger partial charge on any atom is 0.255 e. The summed E-state index contributed by atoms with van der Waals surface area (Å²) in [5.74, 6) is -0.500. The number of piperazine rings is 2. The maximum absolute atomic E-state index is 13.1. The summed E-state index contributed by atoms with van der Waals surface area (Å²) in [6, 6.07) is 32.6. The van der Waals surface area contributed by atoms with E-state index in [0.29, 0.717) is 18.5 Å². The number of phenols is 1. The lowest BCUT2D eigenvalue weighted by Gasteiger charge is -2.39. The molecule has 0 saturated carbocycles. The number of rotatable bonds is 10. The molecule has 0 radical (unpaired) electrons. The molecule has 8 rings (SSSR count). The lowest BCUT2D eigenvalue weighted by atomic mass is 9.88. The molecule has 3 fully saturated rings. The van der Waals surface area contributed by atoms with E-state index in [2.05, 4.69) is 92.5 Å². The van der Waals surface area contributed by atoms with Gasteiger partial charge in [-0.25, -0.2) is 0 Å². The van der Waals surface area contributed by atoms with Gasteiger partial charge in [0.15, 0.2) is 0 Å². The van der Waals surface area contributed by atoms with Gasteiger partial charge in [-0.05, 0) is 88.7 Å². The van der Waals surface area contributed by atoms with Crippen molar-refractivity contribution >= 4 is 40.2 Å². The Balaban J connectivity index is 0.824. The molecule has 2 N–H and O–H groups in total. The number of imide groups is 1. The Morgan fingerprint density at radius 2 is 1.27 bits per heavy atom. The molecule has 1 unspecified atom stereocenters. The summed E-state index contributed by atoms with van der Waals surface area (Å²) < 4.78 is 0. The molecule has 3 saturated heterocycles. The number of hydrogen-bond donors (Lipinski definition) is 2. The lowest BCUT2D eigenvalue weighted by Crippen LogP contribution is -2.52. The smallest absolute Gasteiger partial charge is 0.255 e. The minimum atomic E-state index is -0.590. The van der Waals surface area contributed by atoms with Gasteiger partial charge in [-0.15, -0.1) is 0 Å². The fraction of sp³-hybridized carbons (Fsp3) is 0.356. The van der Waals surface area contributed by atoms with Crippen molar-refractivity contribution in [2.75, 3.05) is 75.2 Å². The number of fused-ring (bicyclic) bond motifs is 1. The maximum atomic E-state index is 13.1. The molecule has 4 aliphatic heterocycles. The van der Waals surface area contributed by atoms with Crippen LogP contribution in [0.2, 0.25) is 0 Å². The van der Waals surface area contributed by atoms with Gasteiger partial charge >= 0.3 is 0 Å². The number of aromatic hydroxyl groups is 1. The van der Waals surface area contributed by atoms with E-state index < -0.39 is 6.04 Å². The molecule has 10 nitrogen and oxygen atoms in total. The molecule has 10 heteroatoms. The highest BCUT2D eigenvalue weighted by atomic mass is 16.3. The number of nitrogens with zero attached hydrogens (tertiary/aromatic N) is 5. The minimum absolute atomic E-state index is 0.127. The zero-order valence-electron chi connectivity index (χ0n) is 31.6. The summed E-state index contributed by atoms with van der Waals surface area (Å²) >= 11 is 0. The number of allylic oxidation sites excluding steroid dienone is 1. The van der Waals surface area contributed by atoms with Gasteiger partial charge in [0.2, 0.25) is 11.8 Å². The van der Waals surface area contributed by atoms with E-state index >= 15 is 0 Å². The molecule has 4 aromatic rings. The largest absolute Gasteiger partial charge is 0.508 e. The van der Waals surface area contributed by atoms with E-state index in [-0.39, 0.29) is 29.9 Å². The van der Waals surface area contributed by atoms with Crippen LogP contribution in [-0.2, 0) is 16.1 Å². The summed E-state index contributed by atoms with van der Waals surface area (Å²) in [5.41, 5.74) is 9.97. The molecule has 0 bridgehead atoms. The van der Waals surface area contributed by atoms with Crippen molar-refractivity contribution in [2.45, 2.75) is 38.8 Å². The molecule has 3 amide bonds. The van der Waals surface area contributed by atoms with Crippen LogP contribution in [0.1, 0.15) is 58.8 Å². The molecule has 284 valence electrons. The average Bonchev–Trinajstić information content (AvgIpc) is 3.55. The number of piperidine rings is 1. The first-order valence-electron chi connectivity index (χ1n) is 19.7. The Morgan fingerprint density at radius 1 is 0.691 bits per heavy atom. The van der Waals surface area contributed by atoms with Crippen LogP contribution < -0.4 is 15.1 Å². The summed E-state index contributed by atoms with van der Waals surface area (Å²) in [6.07, 6.45) is 1.53. The van der Waals surface area contributed by atoms with Crippen LogP contribution in [0.25, 0.3) is 11.1 Å². The van der Waals surface area contributed by atoms with E-state index in [9.17, 15) is 19.5 Å². The number of hydrogen-bond acceptors (Lipinski definition) is 8. The van der Waals surface area contributed by atoms with Crippen LogP contribution >= 0.6 is 0 Å². The Morgan fingerprint density at radius 3 is 1.87 bits per heavy atom. The van der Waals surface area contributed by atoms with Gasteiger partial charge in [0.1, 0.15) is 11.8 Å². The highest BCUT2D eigenvalue weighted by molar-refractivity contribution is 6.05. The van der Waals surface area contributed by atoms with Crippen LogP contribution in [0, 0.1) is 0 Å². The quantitative estimate of drug-likeness (QED) is 0.164. The third kappa shape index (κ3) is 7.88. The molecule has 0 aliphatic carbocycles. The van der Waals surface area contributed by atoms with E-state index in [1.165, 1.54) is 28.0 Å². The summed E-state index contributed by atoms with van der Waals surface area (Å²) in [5, 5.41) is 12.4. The Kier molecular flexibility index (Phi) is 10.7. The molecule has 0 aromatic heterocycles.